The monoisotopic (exact) mass is 486 g/mol. The lowest BCUT2D eigenvalue weighted by Crippen LogP contribution is -2.49. The minimum atomic E-state index is -1.11. The van der Waals surface area contributed by atoms with E-state index in [2.05, 4.69) is 5.32 Å². The predicted molar refractivity (Wildman–Crippen MR) is 114 cm³/mol. The quantitative estimate of drug-likeness (QED) is 0.378. The summed E-state index contributed by atoms with van der Waals surface area (Å²) in [5.74, 6) is -1.33. The molecule has 0 fully saturated rings. The fraction of sp³-hybridized carbons (Fsp3) is 0.250. The van der Waals surface area contributed by atoms with Crippen molar-refractivity contribution in [3.05, 3.63) is 61.0 Å². The van der Waals surface area contributed by atoms with Gasteiger partial charge in [0.15, 0.2) is 0 Å². The molecule has 1 N–H and O–H groups in total. The number of benzene rings is 2. The van der Waals surface area contributed by atoms with Crippen molar-refractivity contribution in [2.45, 2.75) is 25.4 Å². The van der Waals surface area contributed by atoms with E-state index in [9.17, 15) is 14.4 Å². The molecule has 2 aliphatic heterocycles. The molecular formula is C20H14Cl4N2O4. The van der Waals surface area contributed by atoms with Crippen molar-refractivity contribution in [2.24, 2.45) is 0 Å². The Kier molecular flexibility index (Phi) is 5.62. The van der Waals surface area contributed by atoms with Crippen LogP contribution in [0.2, 0.25) is 20.1 Å². The van der Waals surface area contributed by atoms with Crippen LogP contribution in [0.5, 0.6) is 5.75 Å². The molecule has 156 valence electrons. The number of hydrogen-bond acceptors (Lipinski definition) is 4. The second-order valence-electron chi connectivity index (χ2n) is 6.90. The third-order valence-electron chi connectivity index (χ3n) is 5.17. The molecule has 10 heteroatoms. The van der Waals surface area contributed by atoms with Crippen LogP contribution in [0.4, 0.5) is 0 Å². The van der Waals surface area contributed by atoms with Crippen LogP contribution in [0.25, 0.3) is 0 Å². The fourth-order valence-corrected chi connectivity index (χ4v) is 4.63. The van der Waals surface area contributed by atoms with Crippen LogP contribution < -0.4 is 10.1 Å². The van der Waals surface area contributed by atoms with Gasteiger partial charge in [0.25, 0.3) is 11.8 Å². The summed E-state index contributed by atoms with van der Waals surface area (Å²) in [5, 5.41) is 2.29. The number of rotatable bonds is 3. The van der Waals surface area contributed by atoms with Crippen molar-refractivity contribution >= 4 is 64.1 Å². The van der Waals surface area contributed by atoms with Gasteiger partial charge in [0.05, 0.1) is 43.9 Å². The van der Waals surface area contributed by atoms with E-state index in [1.807, 2.05) is 24.3 Å². The SMILES string of the molecule is CC(C(=O)NC1CCOc2ccccc21)N1C(=O)c2c(Cl)c(Cl)c(Cl)c(Cl)c2C1=O. The van der Waals surface area contributed by atoms with Gasteiger partial charge in [0.2, 0.25) is 5.91 Å². The zero-order chi connectivity index (χ0) is 21.7. The van der Waals surface area contributed by atoms with Crippen molar-refractivity contribution in [1.82, 2.24) is 10.2 Å². The maximum Gasteiger partial charge on any atom is 0.263 e. The fourth-order valence-electron chi connectivity index (χ4n) is 3.62. The number of hydrogen-bond donors (Lipinski definition) is 1. The molecule has 0 saturated heterocycles. The Balaban J connectivity index is 1.62. The number of ether oxygens (including phenoxy) is 1. The van der Waals surface area contributed by atoms with Crippen molar-refractivity contribution in [3.8, 4) is 5.75 Å². The van der Waals surface area contributed by atoms with Gasteiger partial charge in [0, 0.05) is 12.0 Å². The summed E-state index contributed by atoms with van der Waals surface area (Å²) in [6.07, 6.45) is 0.556. The first-order valence-electron chi connectivity index (χ1n) is 9.00. The first-order valence-corrected chi connectivity index (χ1v) is 10.5. The Morgan fingerprint density at radius 2 is 1.60 bits per heavy atom. The lowest BCUT2D eigenvalue weighted by molar-refractivity contribution is -0.125. The highest BCUT2D eigenvalue weighted by Crippen LogP contribution is 2.45. The number of amides is 3. The average Bonchev–Trinajstić information content (AvgIpc) is 3.00. The number of para-hydroxylation sites is 1. The molecule has 0 spiro atoms. The van der Waals surface area contributed by atoms with Gasteiger partial charge >= 0.3 is 0 Å². The number of nitrogens with one attached hydrogen (secondary N) is 1. The van der Waals surface area contributed by atoms with Crippen LogP contribution >= 0.6 is 46.4 Å². The molecule has 2 aromatic rings. The molecule has 3 amide bonds. The molecular weight excluding hydrogens is 474 g/mol. The summed E-state index contributed by atoms with van der Waals surface area (Å²) >= 11 is 24.3. The lowest BCUT2D eigenvalue weighted by Gasteiger charge is -2.29. The molecule has 2 unspecified atom stereocenters. The van der Waals surface area contributed by atoms with E-state index in [4.69, 9.17) is 51.1 Å². The normalized spacial score (nSPS) is 18.6. The summed E-state index contributed by atoms with van der Waals surface area (Å²) in [6.45, 7) is 1.89. The van der Waals surface area contributed by atoms with Gasteiger partial charge in [-0.15, -0.1) is 0 Å². The first kappa shape index (κ1) is 21.2. The number of carbonyl (C=O) groups is 3. The predicted octanol–water partition coefficient (Wildman–Crippen LogP) is 4.92. The molecule has 6 nitrogen and oxygen atoms in total. The second-order valence-corrected chi connectivity index (χ2v) is 8.41. The molecule has 2 aliphatic rings. The number of carbonyl (C=O) groups excluding carboxylic acids is 3. The zero-order valence-corrected chi connectivity index (χ0v) is 18.5. The van der Waals surface area contributed by atoms with Crippen molar-refractivity contribution in [2.75, 3.05) is 6.61 Å². The second kappa shape index (κ2) is 7.93. The van der Waals surface area contributed by atoms with E-state index < -0.39 is 23.8 Å². The topological polar surface area (TPSA) is 75.7 Å². The molecule has 2 atom stereocenters. The van der Waals surface area contributed by atoms with Gasteiger partial charge < -0.3 is 10.1 Å². The Labute approximate surface area is 192 Å². The number of fused-ring (bicyclic) bond motifs is 2. The van der Waals surface area contributed by atoms with E-state index in [0.717, 1.165) is 10.5 Å². The number of halogens is 4. The Bertz CT molecular complexity index is 1060. The molecule has 0 aliphatic carbocycles. The largest absolute Gasteiger partial charge is 0.493 e. The van der Waals surface area contributed by atoms with E-state index in [0.29, 0.717) is 18.8 Å². The van der Waals surface area contributed by atoms with Gasteiger partial charge in [-0.3, -0.25) is 19.3 Å². The van der Waals surface area contributed by atoms with Crippen LogP contribution in [0.3, 0.4) is 0 Å². The molecule has 0 radical (unpaired) electrons. The van der Waals surface area contributed by atoms with Crippen LogP contribution in [-0.4, -0.2) is 35.3 Å². The molecule has 4 rings (SSSR count). The van der Waals surface area contributed by atoms with Crippen LogP contribution in [-0.2, 0) is 4.79 Å². The van der Waals surface area contributed by atoms with Gasteiger partial charge in [0.1, 0.15) is 11.8 Å². The summed E-state index contributed by atoms with van der Waals surface area (Å²) in [6, 6.07) is 5.94. The Hall–Kier alpha value is -1.99. The maximum absolute atomic E-state index is 12.9. The van der Waals surface area contributed by atoms with Gasteiger partial charge in [-0.2, -0.15) is 0 Å². The molecule has 0 aromatic heterocycles. The van der Waals surface area contributed by atoms with Gasteiger partial charge in [-0.25, -0.2) is 0 Å². The molecule has 30 heavy (non-hydrogen) atoms. The van der Waals surface area contributed by atoms with E-state index in [-0.39, 0.29) is 37.3 Å². The van der Waals surface area contributed by atoms with Crippen molar-refractivity contribution < 1.29 is 19.1 Å². The Morgan fingerprint density at radius 1 is 1.03 bits per heavy atom. The summed E-state index contributed by atoms with van der Waals surface area (Å²) < 4.78 is 5.60. The third-order valence-corrected chi connectivity index (χ3v) is 6.98. The van der Waals surface area contributed by atoms with Crippen LogP contribution in [0.15, 0.2) is 24.3 Å². The average molecular weight is 488 g/mol. The third kappa shape index (κ3) is 3.23. The van der Waals surface area contributed by atoms with E-state index >= 15 is 0 Å². The van der Waals surface area contributed by atoms with E-state index in [1.54, 1.807) is 0 Å². The maximum atomic E-state index is 12.9. The highest BCUT2D eigenvalue weighted by Gasteiger charge is 2.45. The molecule has 0 bridgehead atoms. The molecule has 2 aromatic carbocycles. The van der Waals surface area contributed by atoms with Gasteiger partial charge in [-0.05, 0) is 13.0 Å². The minimum absolute atomic E-state index is 0.124. The smallest absolute Gasteiger partial charge is 0.263 e. The number of nitrogens with zero attached hydrogens (tertiary/aromatic N) is 1. The molecule has 2 heterocycles. The lowest BCUT2D eigenvalue weighted by atomic mass is 10.00. The summed E-state index contributed by atoms with van der Waals surface area (Å²) in [4.78, 5) is 39.6. The highest BCUT2D eigenvalue weighted by atomic mass is 35.5. The summed E-state index contributed by atoms with van der Waals surface area (Å²) in [7, 11) is 0. The standard InChI is InChI=1S/C20H14Cl4N2O4/c1-8(18(27)25-10-6-7-30-11-5-3-2-4-9(10)11)26-19(28)12-13(20(26)29)15(22)17(24)16(23)14(12)21/h2-5,8,10H,6-7H2,1H3,(H,25,27). The zero-order valence-electron chi connectivity index (χ0n) is 15.5. The van der Waals surface area contributed by atoms with Gasteiger partial charge in [-0.1, -0.05) is 64.6 Å². The van der Waals surface area contributed by atoms with E-state index in [1.165, 1.54) is 6.92 Å². The van der Waals surface area contributed by atoms with Crippen LogP contribution in [0.1, 0.15) is 45.7 Å². The minimum Gasteiger partial charge on any atom is -0.493 e. The summed E-state index contributed by atoms with van der Waals surface area (Å²) in [5.41, 5.74) is 0.519. The first-order chi connectivity index (χ1) is 14.2. The van der Waals surface area contributed by atoms with Crippen molar-refractivity contribution in [1.29, 1.82) is 0 Å². The Morgan fingerprint density at radius 3 is 2.20 bits per heavy atom. The van der Waals surface area contributed by atoms with Crippen molar-refractivity contribution in [3.63, 3.8) is 0 Å². The highest BCUT2D eigenvalue weighted by molar-refractivity contribution is 6.55. The molecule has 0 saturated carbocycles. The number of imide groups is 1. The van der Waals surface area contributed by atoms with Crippen LogP contribution in [0, 0.1) is 0 Å².